The number of likely N-dealkylation sites (tertiary alicyclic amines) is 1. The number of ether oxygens (including phenoxy) is 2. The highest BCUT2D eigenvalue weighted by atomic mass is 16.6. The number of aliphatic hydroxyl groups excluding tert-OH is 1. The Kier molecular flexibility index (Phi) is 5.84. The lowest BCUT2D eigenvalue weighted by atomic mass is 9.78. The standard InChI is InChI=1S/C26H29N5O6/c1-16(14-32)31-22-24(34)29(15-30-18-9-5-4-8-17(18)27-28-30)12-7-11-26(22)21(23(31)33)20-19(37-26)10-3-2-6-13-36-25(20)35/h3-5,7-11,16,19-22,32H,2,6,12-15H2,1H3/b10-3-/t16-,19-,20+,21+,22?,26+/m1/s1. The lowest BCUT2D eigenvalue weighted by Gasteiger charge is -2.37. The van der Waals surface area contributed by atoms with Crippen molar-refractivity contribution in [2.45, 2.75) is 50.2 Å². The van der Waals surface area contributed by atoms with E-state index < -0.39 is 47.5 Å². The molecular weight excluding hydrogens is 478 g/mol. The smallest absolute Gasteiger partial charge is 0.312 e. The van der Waals surface area contributed by atoms with Crippen LogP contribution in [0.2, 0.25) is 0 Å². The Labute approximate surface area is 213 Å². The SMILES string of the molecule is C[C@H](CO)N1C(=O)[C@@H]2[C@H]3C(=O)OCCC/C=C\[C@H]3O[C@@]23C=CCN(Cn2nnc4ccccc42)C(=O)C13. The van der Waals surface area contributed by atoms with Gasteiger partial charge >= 0.3 is 5.97 Å². The van der Waals surface area contributed by atoms with E-state index in [1.807, 2.05) is 42.5 Å². The minimum atomic E-state index is -1.37. The highest BCUT2D eigenvalue weighted by Gasteiger charge is 2.72. The molecule has 6 atom stereocenters. The molecule has 2 fully saturated rings. The number of rotatable bonds is 4. The predicted octanol–water partition coefficient (Wildman–Crippen LogP) is 0.642. The second-order valence-electron chi connectivity index (χ2n) is 10.0. The van der Waals surface area contributed by atoms with Gasteiger partial charge in [0.05, 0.1) is 36.8 Å². The largest absolute Gasteiger partial charge is 0.465 e. The molecule has 4 aliphatic rings. The summed E-state index contributed by atoms with van der Waals surface area (Å²) in [6.07, 6.45) is 8.04. The summed E-state index contributed by atoms with van der Waals surface area (Å²) in [7, 11) is 0. The van der Waals surface area contributed by atoms with Gasteiger partial charge in [0.2, 0.25) is 5.91 Å². The van der Waals surface area contributed by atoms with Crippen LogP contribution in [0.25, 0.3) is 11.0 Å². The van der Waals surface area contributed by atoms with Crippen molar-refractivity contribution in [3.63, 3.8) is 0 Å². The number of aliphatic hydroxyl groups is 1. The predicted molar refractivity (Wildman–Crippen MR) is 129 cm³/mol. The van der Waals surface area contributed by atoms with Gasteiger partial charge in [0, 0.05) is 6.54 Å². The maximum atomic E-state index is 14.2. The zero-order chi connectivity index (χ0) is 25.7. The molecule has 0 bridgehead atoms. The van der Waals surface area contributed by atoms with Crippen LogP contribution in [0.1, 0.15) is 19.8 Å². The van der Waals surface area contributed by atoms with Crippen molar-refractivity contribution < 1.29 is 29.0 Å². The van der Waals surface area contributed by atoms with Crippen molar-refractivity contribution >= 4 is 28.8 Å². The number of aromatic nitrogens is 3. The first-order chi connectivity index (χ1) is 18.0. The second-order valence-corrected chi connectivity index (χ2v) is 10.0. The number of esters is 1. The van der Waals surface area contributed by atoms with Crippen molar-refractivity contribution in [1.82, 2.24) is 24.8 Å². The lowest BCUT2D eigenvalue weighted by Crippen LogP contribution is -2.57. The van der Waals surface area contributed by atoms with Crippen LogP contribution in [0.3, 0.4) is 0 Å². The number of nitrogens with zero attached hydrogens (tertiary/aromatic N) is 5. The molecule has 0 radical (unpaired) electrons. The molecule has 194 valence electrons. The van der Waals surface area contributed by atoms with Crippen LogP contribution in [0.4, 0.5) is 0 Å². The molecule has 1 aromatic heterocycles. The molecular formula is C26H29N5O6. The van der Waals surface area contributed by atoms with Crippen molar-refractivity contribution in [3.05, 3.63) is 48.6 Å². The van der Waals surface area contributed by atoms with Crippen molar-refractivity contribution in [2.24, 2.45) is 11.8 Å². The van der Waals surface area contributed by atoms with Gasteiger partial charge in [-0.15, -0.1) is 5.10 Å². The third-order valence-electron chi connectivity index (χ3n) is 7.84. The number of hydrogen-bond acceptors (Lipinski definition) is 8. The summed E-state index contributed by atoms with van der Waals surface area (Å²) in [5.74, 6) is -3.07. The van der Waals surface area contributed by atoms with Crippen molar-refractivity contribution in [1.29, 1.82) is 0 Å². The van der Waals surface area contributed by atoms with E-state index >= 15 is 0 Å². The minimum absolute atomic E-state index is 0.116. The Morgan fingerprint density at radius 1 is 1.19 bits per heavy atom. The third kappa shape index (κ3) is 3.59. The fourth-order valence-electron chi connectivity index (χ4n) is 6.11. The van der Waals surface area contributed by atoms with Gasteiger partial charge in [-0.25, -0.2) is 4.68 Å². The molecule has 1 N–H and O–H groups in total. The molecule has 11 nitrogen and oxygen atoms in total. The van der Waals surface area contributed by atoms with Gasteiger partial charge in [-0.05, 0) is 31.9 Å². The number of fused-ring (bicyclic) bond motifs is 3. The van der Waals surface area contributed by atoms with Gasteiger partial charge in [-0.1, -0.05) is 41.7 Å². The Bertz CT molecular complexity index is 1310. The molecule has 2 amide bonds. The number of benzene rings is 1. The van der Waals surface area contributed by atoms with Crippen LogP contribution in [0.15, 0.2) is 48.6 Å². The van der Waals surface area contributed by atoms with Gasteiger partial charge in [0.1, 0.15) is 29.7 Å². The van der Waals surface area contributed by atoms with Crippen LogP contribution < -0.4 is 0 Å². The van der Waals surface area contributed by atoms with E-state index in [4.69, 9.17) is 9.47 Å². The number of para-hydroxylation sites is 1. The van der Waals surface area contributed by atoms with E-state index in [0.717, 1.165) is 11.9 Å². The summed E-state index contributed by atoms with van der Waals surface area (Å²) < 4.78 is 13.7. The van der Waals surface area contributed by atoms with E-state index in [0.29, 0.717) is 11.9 Å². The van der Waals surface area contributed by atoms with Gasteiger partial charge in [0.15, 0.2) is 0 Å². The summed E-state index contributed by atoms with van der Waals surface area (Å²) >= 11 is 0. The topological polar surface area (TPSA) is 127 Å². The van der Waals surface area contributed by atoms with Crippen LogP contribution in [-0.2, 0) is 30.5 Å². The van der Waals surface area contributed by atoms with Crippen LogP contribution in [-0.4, -0.2) is 91.2 Å². The Balaban J connectivity index is 1.42. The minimum Gasteiger partial charge on any atom is -0.465 e. The molecule has 1 spiro atoms. The summed E-state index contributed by atoms with van der Waals surface area (Å²) in [5.41, 5.74) is 0.119. The van der Waals surface area contributed by atoms with Crippen molar-refractivity contribution in [3.8, 4) is 0 Å². The van der Waals surface area contributed by atoms with E-state index in [1.54, 1.807) is 22.6 Å². The molecule has 37 heavy (non-hydrogen) atoms. The number of cyclic esters (lactones) is 1. The summed E-state index contributed by atoms with van der Waals surface area (Å²) in [4.78, 5) is 44.3. The van der Waals surface area contributed by atoms with E-state index in [1.165, 1.54) is 4.90 Å². The molecule has 6 rings (SSSR count). The average Bonchev–Trinajstić information content (AvgIpc) is 3.51. The molecule has 1 unspecified atom stereocenters. The quantitative estimate of drug-likeness (QED) is 0.472. The normalized spacial score (nSPS) is 33.2. The molecule has 4 aliphatic heterocycles. The molecule has 2 aromatic rings. The van der Waals surface area contributed by atoms with Crippen molar-refractivity contribution in [2.75, 3.05) is 19.8 Å². The van der Waals surface area contributed by atoms with Crippen LogP contribution in [0, 0.1) is 11.8 Å². The van der Waals surface area contributed by atoms with Crippen LogP contribution in [0.5, 0.6) is 0 Å². The number of carbonyl (C=O) groups is 3. The zero-order valence-electron chi connectivity index (χ0n) is 20.5. The first-order valence-corrected chi connectivity index (χ1v) is 12.6. The monoisotopic (exact) mass is 507 g/mol. The first kappa shape index (κ1) is 23.8. The summed E-state index contributed by atoms with van der Waals surface area (Å²) in [5, 5.41) is 18.4. The van der Waals surface area contributed by atoms with Gasteiger partial charge < -0.3 is 24.4 Å². The summed E-state index contributed by atoms with van der Waals surface area (Å²) in [6, 6.07) is 5.75. The second kappa shape index (κ2) is 9.07. The fraction of sp³-hybridized carbons (Fsp3) is 0.500. The third-order valence-corrected chi connectivity index (χ3v) is 7.84. The Hall–Kier alpha value is -3.57. The molecule has 2 saturated heterocycles. The molecule has 5 heterocycles. The summed E-state index contributed by atoms with van der Waals surface area (Å²) in [6.45, 7) is 1.98. The maximum absolute atomic E-state index is 14.2. The fourth-order valence-corrected chi connectivity index (χ4v) is 6.11. The van der Waals surface area contributed by atoms with Gasteiger partial charge in [-0.3, -0.25) is 14.4 Å². The highest BCUT2D eigenvalue weighted by Crippen LogP contribution is 2.53. The van der Waals surface area contributed by atoms with E-state index in [2.05, 4.69) is 10.3 Å². The maximum Gasteiger partial charge on any atom is 0.312 e. The zero-order valence-corrected chi connectivity index (χ0v) is 20.5. The van der Waals surface area contributed by atoms with Gasteiger partial charge in [0.25, 0.3) is 5.91 Å². The highest BCUT2D eigenvalue weighted by molar-refractivity contribution is 5.99. The lowest BCUT2D eigenvalue weighted by molar-refractivity contribution is -0.156. The Morgan fingerprint density at radius 3 is 2.86 bits per heavy atom. The Morgan fingerprint density at radius 2 is 2.03 bits per heavy atom. The molecule has 0 aliphatic carbocycles. The van der Waals surface area contributed by atoms with Gasteiger partial charge in [-0.2, -0.15) is 0 Å². The average molecular weight is 508 g/mol. The number of amides is 2. The molecule has 1 aromatic carbocycles. The van der Waals surface area contributed by atoms with Crippen LogP contribution >= 0.6 is 0 Å². The number of hydrogen-bond donors (Lipinski definition) is 1. The van der Waals surface area contributed by atoms with E-state index in [9.17, 15) is 19.5 Å². The molecule has 11 heteroatoms. The number of carbonyl (C=O) groups excluding carboxylic acids is 3. The van der Waals surface area contributed by atoms with E-state index in [-0.39, 0.29) is 32.3 Å². The molecule has 0 saturated carbocycles. The number of allylic oxidation sites excluding steroid dienone is 1. The first-order valence-electron chi connectivity index (χ1n) is 12.6.